The molecule has 0 aliphatic carbocycles. The Morgan fingerprint density at radius 3 is 1.75 bits per heavy atom. The summed E-state index contributed by atoms with van der Waals surface area (Å²) in [5.41, 5.74) is 9.43. The van der Waals surface area contributed by atoms with Crippen molar-refractivity contribution in [3.63, 3.8) is 0 Å². The highest BCUT2D eigenvalue weighted by Crippen LogP contribution is 2.37. The Kier molecular flexibility index (Phi) is 5.03. The fourth-order valence-corrected chi connectivity index (χ4v) is 5.35. The van der Waals surface area contributed by atoms with Crippen molar-refractivity contribution in [3.05, 3.63) is 128 Å². The smallest absolute Gasteiger partial charge is 0.266 e. The third kappa shape index (κ3) is 3.66. The van der Waals surface area contributed by atoms with Crippen molar-refractivity contribution in [2.45, 2.75) is 0 Å². The molecule has 4 heterocycles. The summed E-state index contributed by atoms with van der Waals surface area (Å²) in [6, 6.07) is 38.3. The molecule has 0 N–H and O–H groups in total. The van der Waals surface area contributed by atoms with Crippen LogP contribution in [0.4, 0.5) is 0 Å². The van der Waals surface area contributed by atoms with Crippen molar-refractivity contribution in [2.24, 2.45) is 0 Å². The molecule has 0 fully saturated rings. The Morgan fingerprint density at radius 1 is 0.550 bits per heavy atom. The summed E-state index contributed by atoms with van der Waals surface area (Å²) in [6.07, 6.45) is 5.04. The molecule has 4 aromatic carbocycles. The van der Waals surface area contributed by atoms with E-state index in [4.69, 9.17) is 9.40 Å². The number of fused-ring (bicyclic) bond motifs is 4. The summed E-state index contributed by atoms with van der Waals surface area (Å²) in [5.74, 6) is 0.398. The van der Waals surface area contributed by atoms with Gasteiger partial charge in [0.1, 0.15) is 5.69 Å². The maximum atomic E-state index is 5.78. The van der Waals surface area contributed by atoms with Gasteiger partial charge in [0.05, 0.1) is 22.9 Å². The van der Waals surface area contributed by atoms with Crippen LogP contribution in [0.15, 0.2) is 132 Å². The molecule has 0 aliphatic rings. The molecule has 0 saturated carbocycles. The van der Waals surface area contributed by atoms with Gasteiger partial charge < -0.3 is 8.98 Å². The van der Waals surface area contributed by atoms with Crippen LogP contribution in [0.25, 0.3) is 72.7 Å². The molecule has 0 saturated heterocycles. The molecular formula is C34H21N5O. The van der Waals surface area contributed by atoms with E-state index >= 15 is 0 Å². The minimum Gasteiger partial charge on any atom is -0.414 e. The maximum Gasteiger partial charge on any atom is 0.266 e. The molecule has 0 atom stereocenters. The molecule has 40 heavy (non-hydrogen) atoms. The highest BCUT2D eigenvalue weighted by Gasteiger charge is 2.16. The summed E-state index contributed by atoms with van der Waals surface area (Å²) in [4.78, 5) is 17.6. The number of aromatic nitrogens is 5. The molecule has 0 radical (unpaired) electrons. The minimum absolute atomic E-state index is 0.397. The summed E-state index contributed by atoms with van der Waals surface area (Å²) in [7, 11) is 0. The molecule has 6 nitrogen and oxygen atoms in total. The maximum absolute atomic E-state index is 5.78. The summed E-state index contributed by atoms with van der Waals surface area (Å²) in [6.45, 7) is 0. The lowest BCUT2D eigenvalue weighted by atomic mass is 10.0. The van der Waals surface area contributed by atoms with E-state index in [1.54, 1.807) is 12.4 Å². The summed E-state index contributed by atoms with van der Waals surface area (Å²) >= 11 is 0. The van der Waals surface area contributed by atoms with Crippen molar-refractivity contribution in [2.75, 3.05) is 0 Å². The van der Waals surface area contributed by atoms with Gasteiger partial charge in [-0.15, -0.1) is 0 Å². The van der Waals surface area contributed by atoms with E-state index in [1.165, 1.54) is 33.0 Å². The quantitative estimate of drug-likeness (QED) is 0.237. The zero-order valence-electron chi connectivity index (χ0n) is 21.3. The molecule has 188 valence electrons. The largest absolute Gasteiger partial charge is 0.414 e. The Bertz CT molecular complexity index is 2020. The topological polar surface area (TPSA) is 69.6 Å². The van der Waals surface area contributed by atoms with Crippen molar-refractivity contribution >= 4 is 33.2 Å². The first-order valence-electron chi connectivity index (χ1n) is 13.1. The molecule has 8 rings (SSSR count). The second kappa shape index (κ2) is 8.99. The second-order valence-corrected chi connectivity index (χ2v) is 9.64. The van der Waals surface area contributed by atoms with Gasteiger partial charge in [-0.2, -0.15) is 4.98 Å². The third-order valence-corrected chi connectivity index (χ3v) is 7.25. The Balaban J connectivity index is 1.31. The Hall–Kier alpha value is -5.62. The molecule has 8 aromatic rings. The predicted molar refractivity (Wildman–Crippen MR) is 158 cm³/mol. The molecule has 0 aliphatic heterocycles. The highest BCUT2D eigenvalue weighted by atomic mass is 16.4. The zero-order chi connectivity index (χ0) is 26.5. The van der Waals surface area contributed by atoms with Crippen molar-refractivity contribution in [1.29, 1.82) is 0 Å². The lowest BCUT2D eigenvalue weighted by Gasteiger charge is -2.09. The summed E-state index contributed by atoms with van der Waals surface area (Å²) in [5, 5.41) is 2.38. The normalized spacial score (nSPS) is 11.5. The van der Waals surface area contributed by atoms with E-state index < -0.39 is 0 Å². The lowest BCUT2D eigenvalue weighted by molar-refractivity contribution is 0.604. The van der Waals surface area contributed by atoms with Gasteiger partial charge in [-0.3, -0.25) is 0 Å². The number of hydrogen-bond donors (Lipinski definition) is 0. The van der Waals surface area contributed by atoms with E-state index in [0.717, 1.165) is 16.7 Å². The van der Waals surface area contributed by atoms with Gasteiger partial charge in [0.15, 0.2) is 0 Å². The van der Waals surface area contributed by atoms with E-state index in [-0.39, 0.29) is 0 Å². The fourth-order valence-electron chi connectivity index (χ4n) is 5.35. The van der Waals surface area contributed by atoms with Crippen LogP contribution in [0.5, 0.6) is 0 Å². The Morgan fingerprint density at radius 2 is 1.18 bits per heavy atom. The standard InChI is InChI=1S/C34H21N5O/c1-3-7-22(8-4-1)24-11-15-30-27(19-24)28-20-25(23-9-5-2-6-10-23)12-16-31(28)39(30)26-13-14-29(37-21-26)33-38-32-34(40-33)36-18-17-35-32/h1-21H. The fraction of sp³-hybridized carbons (Fsp3) is 0. The van der Waals surface area contributed by atoms with E-state index in [0.29, 0.717) is 22.9 Å². The van der Waals surface area contributed by atoms with Crippen LogP contribution < -0.4 is 0 Å². The first-order chi connectivity index (χ1) is 19.8. The van der Waals surface area contributed by atoms with E-state index in [9.17, 15) is 0 Å². The monoisotopic (exact) mass is 515 g/mol. The molecule has 0 unspecified atom stereocenters. The summed E-state index contributed by atoms with van der Waals surface area (Å²) < 4.78 is 8.05. The van der Waals surface area contributed by atoms with Crippen LogP contribution in [0.1, 0.15) is 0 Å². The van der Waals surface area contributed by atoms with Crippen molar-refractivity contribution < 1.29 is 4.42 Å². The molecule has 0 amide bonds. The average Bonchev–Trinajstić information content (AvgIpc) is 3.61. The van der Waals surface area contributed by atoms with Gasteiger partial charge in [0, 0.05) is 23.2 Å². The van der Waals surface area contributed by atoms with Crippen LogP contribution in [-0.4, -0.2) is 24.5 Å². The zero-order valence-corrected chi connectivity index (χ0v) is 21.3. The van der Waals surface area contributed by atoms with Crippen LogP contribution in [0, 0.1) is 0 Å². The number of oxazole rings is 1. The molecule has 0 spiro atoms. The van der Waals surface area contributed by atoms with Crippen LogP contribution in [0.3, 0.4) is 0 Å². The minimum atomic E-state index is 0.397. The average molecular weight is 516 g/mol. The van der Waals surface area contributed by atoms with Gasteiger partial charge in [-0.1, -0.05) is 72.8 Å². The first kappa shape index (κ1) is 22.4. The van der Waals surface area contributed by atoms with Crippen LogP contribution >= 0.6 is 0 Å². The highest BCUT2D eigenvalue weighted by molar-refractivity contribution is 6.11. The second-order valence-electron chi connectivity index (χ2n) is 9.64. The Labute approximate surface area is 229 Å². The van der Waals surface area contributed by atoms with Crippen molar-refractivity contribution in [1.82, 2.24) is 24.5 Å². The van der Waals surface area contributed by atoms with Gasteiger partial charge in [0.2, 0.25) is 11.5 Å². The molecular weight excluding hydrogens is 494 g/mol. The molecule has 0 bridgehead atoms. The van der Waals surface area contributed by atoms with Crippen LogP contribution in [0.2, 0.25) is 0 Å². The SMILES string of the molecule is c1ccc(-c2ccc3c(c2)c2cc(-c4ccccc4)ccc2n3-c2ccc(-c3nc4nccnc4o3)nc2)cc1. The van der Waals surface area contributed by atoms with E-state index in [2.05, 4.69) is 104 Å². The lowest BCUT2D eigenvalue weighted by Crippen LogP contribution is -1.95. The molecule has 4 aromatic heterocycles. The molecule has 6 heteroatoms. The van der Waals surface area contributed by atoms with Gasteiger partial charge in [-0.25, -0.2) is 15.0 Å². The van der Waals surface area contributed by atoms with Gasteiger partial charge >= 0.3 is 0 Å². The van der Waals surface area contributed by atoms with Gasteiger partial charge in [-0.05, 0) is 58.7 Å². The first-order valence-corrected chi connectivity index (χ1v) is 13.1. The number of pyridine rings is 1. The predicted octanol–water partition coefficient (Wildman–Crippen LogP) is 8.11. The van der Waals surface area contributed by atoms with E-state index in [1.807, 2.05) is 30.5 Å². The number of rotatable bonds is 4. The number of benzene rings is 4. The number of nitrogens with zero attached hydrogens (tertiary/aromatic N) is 5. The van der Waals surface area contributed by atoms with Crippen molar-refractivity contribution in [3.8, 4) is 39.5 Å². The number of hydrogen-bond acceptors (Lipinski definition) is 5. The third-order valence-electron chi connectivity index (χ3n) is 7.25. The van der Waals surface area contributed by atoms with Gasteiger partial charge in [0.25, 0.3) is 5.71 Å². The van der Waals surface area contributed by atoms with Crippen LogP contribution in [-0.2, 0) is 0 Å².